The van der Waals surface area contributed by atoms with Crippen molar-refractivity contribution in [2.75, 3.05) is 13.7 Å². The monoisotopic (exact) mass is 346 g/mol. The van der Waals surface area contributed by atoms with Gasteiger partial charge in [-0.25, -0.2) is 0 Å². The summed E-state index contributed by atoms with van der Waals surface area (Å²) < 4.78 is 10.4. The number of hydrogen-bond acceptors (Lipinski definition) is 5. The molecule has 0 unspecified atom stereocenters. The standard InChI is InChI=1S/C18H22N2O5/c1-4-25-11-7-5-10(6-8-11)13-14-12(19-20-16(14)21)9-18(2,23)15(13)17(22)24-3/h5-8,13,15,23H,4,9H2,1-3H3,(H2,19,20,21)/t13-,15+,18+/m1/s1. The summed E-state index contributed by atoms with van der Waals surface area (Å²) in [7, 11) is 1.28. The topological polar surface area (TPSA) is 104 Å². The first-order chi connectivity index (χ1) is 11.9. The van der Waals surface area contributed by atoms with Gasteiger partial charge in [0, 0.05) is 23.6 Å². The molecule has 134 valence electrons. The number of methoxy groups -OCH3 is 1. The van der Waals surface area contributed by atoms with E-state index in [0.717, 1.165) is 5.56 Å². The second kappa shape index (κ2) is 6.40. The second-order valence-electron chi connectivity index (χ2n) is 6.49. The van der Waals surface area contributed by atoms with Crippen molar-refractivity contribution in [3.05, 3.63) is 51.4 Å². The van der Waals surface area contributed by atoms with Crippen molar-refractivity contribution in [2.24, 2.45) is 5.92 Å². The van der Waals surface area contributed by atoms with E-state index >= 15 is 0 Å². The van der Waals surface area contributed by atoms with Crippen molar-refractivity contribution in [1.29, 1.82) is 0 Å². The zero-order valence-corrected chi connectivity index (χ0v) is 14.5. The Kier molecular flexibility index (Phi) is 4.43. The summed E-state index contributed by atoms with van der Waals surface area (Å²) in [5.74, 6) is -1.35. The molecule has 1 aliphatic carbocycles. The molecule has 0 aliphatic heterocycles. The third-order valence-electron chi connectivity index (χ3n) is 4.75. The van der Waals surface area contributed by atoms with E-state index in [1.165, 1.54) is 7.11 Å². The maximum Gasteiger partial charge on any atom is 0.312 e. The van der Waals surface area contributed by atoms with Crippen molar-refractivity contribution in [3.63, 3.8) is 0 Å². The summed E-state index contributed by atoms with van der Waals surface area (Å²) in [6.45, 7) is 4.03. The lowest BCUT2D eigenvalue weighted by Crippen LogP contribution is -2.49. The van der Waals surface area contributed by atoms with Gasteiger partial charge in [0.1, 0.15) is 5.75 Å². The third-order valence-corrected chi connectivity index (χ3v) is 4.75. The number of ether oxygens (including phenoxy) is 2. The second-order valence-corrected chi connectivity index (χ2v) is 6.49. The molecule has 7 nitrogen and oxygen atoms in total. The number of aromatic nitrogens is 2. The molecule has 0 fully saturated rings. The maximum absolute atomic E-state index is 12.4. The number of carbonyl (C=O) groups excluding carboxylic acids is 1. The molecule has 3 N–H and O–H groups in total. The fourth-order valence-electron chi connectivity index (χ4n) is 3.68. The highest BCUT2D eigenvalue weighted by atomic mass is 16.5. The van der Waals surface area contributed by atoms with E-state index in [-0.39, 0.29) is 12.0 Å². The first-order valence-corrected chi connectivity index (χ1v) is 8.21. The summed E-state index contributed by atoms with van der Waals surface area (Å²) >= 11 is 0. The van der Waals surface area contributed by atoms with E-state index in [1.807, 2.05) is 19.1 Å². The molecule has 0 radical (unpaired) electrons. The lowest BCUT2D eigenvalue weighted by atomic mass is 9.66. The highest BCUT2D eigenvalue weighted by Crippen LogP contribution is 2.44. The average molecular weight is 346 g/mol. The van der Waals surface area contributed by atoms with Crippen LogP contribution in [0.1, 0.15) is 36.6 Å². The van der Waals surface area contributed by atoms with Crippen molar-refractivity contribution in [2.45, 2.75) is 31.8 Å². The summed E-state index contributed by atoms with van der Waals surface area (Å²) in [5.41, 5.74) is 0.165. The quantitative estimate of drug-likeness (QED) is 0.725. The first kappa shape index (κ1) is 17.3. The van der Waals surface area contributed by atoms with Crippen LogP contribution in [0.3, 0.4) is 0 Å². The van der Waals surface area contributed by atoms with E-state index in [4.69, 9.17) is 9.47 Å². The number of H-pyrrole nitrogens is 2. The number of esters is 1. The highest BCUT2D eigenvalue weighted by molar-refractivity contribution is 5.77. The van der Waals surface area contributed by atoms with E-state index < -0.39 is 23.4 Å². The summed E-state index contributed by atoms with van der Waals surface area (Å²) in [6.07, 6.45) is 0.161. The highest BCUT2D eigenvalue weighted by Gasteiger charge is 2.51. The van der Waals surface area contributed by atoms with E-state index in [9.17, 15) is 14.7 Å². The van der Waals surface area contributed by atoms with Crippen LogP contribution in [0, 0.1) is 5.92 Å². The molecule has 7 heteroatoms. The molecule has 1 heterocycles. The van der Waals surface area contributed by atoms with E-state index in [2.05, 4.69) is 10.2 Å². The molecule has 0 bridgehead atoms. The van der Waals surface area contributed by atoms with Gasteiger partial charge in [-0.1, -0.05) is 12.1 Å². The first-order valence-electron chi connectivity index (χ1n) is 8.21. The maximum atomic E-state index is 12.4. The normalized spacial score (nSPS) is 25.3. The third kappa shape index (κ3) is 2.95. The number of hydrogen-bond donors (Lipinski definition) is 3. The zero-order valence-electron chi connectivity index (χ0n) is 14.5. The number of rotatable bonds is 4. The number of carbonyl (C=O) groups is 1. The van der Waals surface area contributed by atoms with E-state index in [0.29, 0.717) is 23.6 Å². The molecule has 3 atom stereocenters. The van der Waals surface area contributed by atoms with Crippen LogP contribution >= 0.6 is 0 Å². The summed E-state index contributed by atoms with van der Waals surface area (Å²) in [4.78, 5) is 24.8. The van der Waals surface area contributed by atoms with Gasteiger partial charge >= 0.3 is 5.97 Å². The number of fused-ring (bicyclic) bond motifs is 1. The molecule has 1 aromatic heterocycles. The number of nitrogens with one attached hydrogen (secondary N) is 2. The SMILES string of the molecule is CCOc1ccc([C@@H]2c3c([nH][nH]c3=O)C[C@](C)(O)[C@@H]2C(=O)OC)cc1. The van der Waals surface area contributed by atoms with Crippen LogP contribution in [0.25, 0.3) is 0 Å². The van der Waals surface area contributed by atoms with Gasteiger partial charge in [0.15, 0.2) is 0 Å². The van der Waals surface area contributed by atoms with Gasteiger partial charge in [0.25, 0.3) is 5.56 Å². The Labute approximate surface area is 145 Å². The Hall–Kier alpha value is -2.54. The van der Waals surface area contributed by atoms with Gasteiger partial charge in [0.05, 0.1) is 25.2 Å². The summed E-state index contributed by atoms with van der Waals surface area (Å²) in [6, 6.07) is 7.19. The predicted octanol–water partition coefficient (Wildman–Crippen LogP) is 1.33. The van der Waals surface area contributed by atoms with Gasteiger partial charge in [0.2, 0.25) is 0 Å². The van der Waals surface area contributed by atoms with Crippen LogP contribution in [0.4, 0.5) is 0 Å². The van der Waals surface area contributed by atoms with Crippen molar-refractivity contribution in [3.8, 4) is 5.75 Å². The molecule has 1 aliphatic rings. The molecule has 3 rings (SSSR count). The molecular formula is C18H22N2O5. The molecule has 1 aromatic carbocycles. The van der Waals surface area contributed by atoms with Crippen LogP contribution in [-0.2, 0) is 16.0 Å². The van der Waals surface area contributed by atoms with Crippen molar-refractivity contribution in [1.82, 2.24) is 10.2 Å². The Balaban J connectivity index is 2.15. The minimum Gasteiger partial charge on any atom is -0.494 e. The molecule has 25 heavy (non-hydrogen) atoms. The van der Waals surface area contributed by atoms with Crippen LogP contribution in [0.5, 0.6) is 5.75 Å². The van der Waals surface area contributed by atoms with Crippen molar-refractivity contribution >= 4 is 5.97 Å². The molecule has 0 saturated carbocycles. The molecule has 0 amide bonds. The smallest absolute Gasteiger partial charge is 0.312 e. The number of benzene rings is 1. The number of aliphatic hydroxyl groups is 1. The van der Waals surface area contributed by atoms with Crippen molar-refractivity contribution < 1.29 is 19.4 Å². The van der Waals surface area contributed by atoms with Gasteiger partial charge < -0.3 is 19.7 Å². The van der Waals surface area contributed by atoms with E-state index in [1.54, 1.807) is 19.1 Å². The van der Waals surface area contributed by atoms with Gasteiger partial charge in [-0.3, -0.25) is 14.7 Å². The minimum absolute atomic E-state index is 0.161. The van der Waals surface area contributed by atoms with Crippen LogP contribution < -0.4 is 10.3 Å². The molecular weight excluding hydrogens is 324 g/mol. The summed E-state index contributed by atoms with van der Waals surface area (Å²) in [5, 5.41) is 16.3. The van der Waals surface area contributed by atoms with Crippen LogP contribution in [0.15, 0.2) is 29.1 Å². The Morgan fingerprint density at radius 1 is 1.32 bits per heavy atom. The molecule has 0 saturated heterocycles. The van der Waals surface area contributed by atoms with Crippen LogP contribution in [-0.4, -0.2) is 40.6 Å². The Morgan fingerprint density at radius 2 is 2.00 bits per heavy atom. The Bertz CT molecular complexity index is 819. The van der Waals surface area contributed by atoms with Crippen LogP contribution in [0.2, 0.25) is 0 Å². The zero-order chi connectivity index (χ0) is 18.2. The Morgan fingerprint density at radius 3 is 2.60 bits per heavy atom. The number of aromatic amines is 2. The largest absolute Gasteiger partial charge is 0.494 e. The van der Waals surface area contributed by atoms with Gasteiger partial charge in [-0.15, -0.1) is 0 Å². The molecule has 0 spiro atoms. The predicted molar refractivity (Wildman–Crippen MR) is 90.7 cm³/mol. The lowest BCUT2D eigenvalue weighted by Gasteiger charge is -2.40. The molecule has 2 aromatic rings. The van der Waals surface area contributed by atoms with Gasteiger partial charge in [-0.2, -0.15) is 0 Å². The van der Waals surface area contributed by atoms with Gasteiger partial charge in [-0.05, 0) is 31.5 Å². The average Bonchev–Trinajstić information content (AvgIpc) is 2.93. The minimum atomic E-state index is -1.35. The fourth-order valence-corrected chi connectivity index (χ4v) is 3.68. The fraction of sp³-hybridized carbons (Fsp3) is 0.444. The lowest BCUT2D eigenvalue weighted by molar-refractivity contribution is -0.156.